The Labute approximate surface area is 180 Å². The number of halogens is 1. The average molecular weight is 434 g/mol. The van der Waals surface area contributed by atoms with E-state index in [2.05, 4.69) is 17.0 Å². The maximum atomic E-state index is 12.9. The Morgan fingerprint density at radius 1 is 1.11 bits per heavy atom. The van der Waals surface area contributed by atoms with Crippen LogP contribution >= 0.6 is 35.5 Å². The molecule has 0 saturated heterocycles. The fourth-order valence-corrected chi connectivity index (χ4v) is 4.27. The molecule has 0 aliphatic rings. The number of fused-ring (bicyclic) bond motifs is 1. The van der Waals surface area contributed by atoms with Gasteiger partial charge >= 0.3 is 0 Å². The number of likely N-dealkylation sites (N-methyl/N-ethyl adjacent to an activating group) is 1. The van der Waals surface area contributed by atoms with E-state index in [1.807, 2.05) is 62.8 Å². The van der Waals surface area contributed by atoms with E-state index in [-0.39, 0.29) is 18.3 Å². The molecule has 28 heavy (non-hydrogen) atoms. The number of carbonyl (C=O) groups excluding carboxylic acids is 1. The molecule has 0 fully saturated rings. The lowest BCUT2D eigenvalue weighted by Crippen LogP contribution is -2.35. The summed E-state index contributed by atoms with van der Waals surface area (Å²) in [5.74, 6) is -0.0505. The molecular weight excluding hydrogens is 410 g/mol. The van der Waals surface area contributed by atoms with Gasteiger partial charge in [-0.1, -0.05) is 47.7 Å². The number of aromatic nitrogens is 1. The quantitative estimate of drug-likeness (QED) is 0.386. The minimum Gasteiger partial charge on any atom is -0.308 e. The van der Waals surface area contributed by atoms with Crippen molar-refractivity contribution in [1.82, 2.24) is 9.88 Å². The molecular formula is C21H24ClN3OS2. The summed E-state index contributed by atoms with van der Waals surface area (Å²) in [6, 6.07) is 16.0. The van der Waals surface area contributed by atoms with Crippen molar-refractivity contribution in [3.8, 4) is 0 Å². The Balaban J connectivity index is 0.00000280. The molecule has 0 unspecified atom stereocenters. The van der Waals surface area contributed by atoms with Gasteiger partial charge in [-0.05, 0) is 44.1 Å². The van der Waals surface area contributed by atoms with E-state index in [9.17, 15) is 4.79 Å². The first kappa shape index (κ1) is 22.4. The summed E-state index contributed by atoms with van der Waals surface area (Å²) in [7, 11) is 4.01. The second-order valence-corrected chi connectivity index (χ2v) is 8.20. The second kappa shape index (κ2) is 10.6. The first-order valence-corrected chi connectivity index (χ1v) is 10.8. The summed E-state index contributed by atoms with van der Waals surface area (Å²) < 4.78 is 1.10. The first-order chi connectivity index (χ1) is 13.1. The Bertz CT molecular complexity index is 941. The third kappa shape index (κ3) is 5.58. The van der Waals surface area contributed by atoms with Gasteiger partial charge in [-0.3, -0.25) is 9.69 Å². The number of thioether (sulfide) groups is 1. The third-order valence-electron chi connectivity index (χ3n) is 4.08. The minimum atomic E-state index is -0.0505. The van der Waals surface area contributed by atoms with E-state index in [0.717, 1.165) is 32.4 Å². The van der Waals surface area contributed by atoms with Crippen LogP contribution in [-0.2, 0) is 4.79 Å². The molecule has 1 aromatic heterocycles. The molecule has 7 heteroatoms. The zero-order chi connectivity index (χ0) is 19.2. The fraction of sp³-hybridized carbons (Fsp3) is 0.238. The smallest absolute Gasteiger partial charge is 0.252 e. The van der Waals surface area contributed by atoms with Gasteiger partial charge in [0.1, 0.15) is 0 Å². The number of benzene rings is 2. The second-order valence-electron chi connectivity index (χ2n) is 6.34. The van der Waals surface area contributed by atoms with Crippen molar-refractivity contribution in [2.24, 2.45) is 0 Å². The minimum absolute atomic E-state index is 0. The predicted molar refractivity (Wildman–Crippen MR) is 125 cm³/mol. The fourth-order valence-electron chi connectivity index (χ4n) is 2.61. The highest BCUT2D eigenvalue weighted by Gasteiger charge is 2.19. The standard InChI is InChI=1S/C21H23N3OS2.ClH/c1-23(2)14-15-24(19(25)13-12-16-8-5-4-6-9-16)21-22-20-17(26-3)10-7-11-18(20)27-21;/h4-13H,14-15H2,1-3H3;1H. The van der Waals surface area contributed by atoms with Crippen molar-refractivity contribution < 1.29 is 4.79 Å². The molecule has 0 radical (unpaired) electrons. The first-order valence-electron chi connectivity index (χ1n) is 8.71. The summed E-state index contributed by atoms with van der Waals surface area (Å²) in [5, 5.41) is 0.746. The maximum absolute atomic E-state index is 12.9. The number of anilines is 1. The molecule has 0 aliphatic heterocycles. The molecule has 4 nitrogen and oxygen atoms in total. The van der Waals surface area contributed by atoms with Gasteiger partial charge in [0.2, 0.25) is 0 Å². The number of para-hydroxylation sites is 1. The van der Waals surface area contributed by atoms with Gasteiger partial charge < -0.3 is 4.90 Å². The van der Waals surface area contributed by atoms with E-state index in [1.165, 1.54) is 0 Å². The summed E-state index contributed by atoms with van der Waals surface area (Å²) in [4.78, 5) is 22.7. The van der Waals surface area contributed by atoms with Crippen LogP contribution in [0.5, 0.6) is 0 Å². The van der Waals surface area contributed by atoms with Crippen LogP contribution in [0.15, 0.2) is 59.5 Å². The van der Waals surface area contributed by atoms with Crippen molar-refractivity contribution in [3.05, 3.63) is 60.2 Å². The lowest BCUT2D eigenvalue weighted by Gasteiger charge is -2.20. The molecule has 2 aromatic carbocycles. The van der Waals surface area contributed by atoms with Crippen LogP contribution in [0.3, 0.4) is 0 Å². The zero-order valence-corrected chi connectivity index (χ0v) is 18.6. The monoisotopic (exact) mass is 433 g/mol. The van der Waals surface area contributed by atoms with Gasteiger partial charge in [0.25, 0.3) is 5.91 Å². The summed E-state index contributed by atoms with van der Waals surface area (Å²) >= 11 is 3.24. The van der Waals surface area contributed by atoms with Crippen LogP contribution in [0.25, 0.3) is 16.3 Å². The van der Waals surface area contributed by atoms with E-state index < -0.39 is 0 Å². The third-order valence-corrected chi connectivity index (χ3v) is 5.89. The van der Waals surface area contributed by atoms with Crippen LogP contribution in [0.1, 0.15) is 5.56 Å². The summed E-state index contributed by atoms with van der Waals surface area (Å²) in [5.41, 5.74) is 1.98. The number of hydrogen-bond acceptors (Lipinski definition) is 5. The van der Waals surface area contributed by atoms with Crippen molar-refractivity contribution in [2.45, 2.75) is 4.90 Å². The highest BCUT2D eigenvalue weighted by molar-refractivity contribution is 7.98. The Morgan fingerprint density at radius 3 is 2.54 bits per heavy atom. The largest absolute Gasteiger partial charge is 0.308 e. The van der Waals surface area contributed by atoms with Gasteiger partial charge in [0.05, 0.1) is 10.2 Å². The van der Waals surface area contributed by atoms with E-state index >= 15 is 0 Å². The molecule has 0 N–H and O–H groups in total. The average Bonchev–Trinajstić information content (AvgIpc) is 3.11. The Morgan fingerprint density at radius 2 is 1.86 bits per heavy atom. The van der Waals surface area contributed by atoms with Crippen LogP contribution in [0.2, 0.25) is 0 Å². The van der Waals surface area contributed by atoms with Crippen LogP contribution in [0.4, 0.5) is 5.13 Å². The number of thiazole rings is 1. The predicted octanol–water partition coefficient (Wildman–Crippen LogP) is 5.05. The molecule has 3 rings (SSSR count). The van der Waals surface area contributed by atoms with Gasteiger partial charge in [0, 0.05) is 24.1 Å². The highest BCUT2D eigenvalue weighted by atomic mass is 35.5. The summed E-state index contributed by atoms with van der Waals surface area (Å²) in [6.45, 7) is 1.37. The summed E-state index contributed by atoms with van der Waals surface area (Å²) in [6.07, 6.45) is 5.53. The Kier molecular flexibility index (Phi) is 8.51. The topological polar surface area (TPSA) is 36.4 Å². The number of carbonyl (C=O) groups is 1. The zero-order valence-electron chi connectivity index (χ0n) is 16.2. The molecule has 0 saturated carbocycles. The molecule has 3 aromatic rings. The molecule has 0 aliphatic carbocycles. The molecule has 1 heterocycles. The van der Waals surface area contributed by atoms with Crippen LogP contribution in [0, 0.1) is 0 Å². The van der Waals surface area contributed by atoms with Gasteiger partial charge in [-0.25, -0.2) is 4.98 Å². The van der Waals surface area contributed by atoms with E-state index in [4.69, 9.17) is 4.98 Å². The molecule has 0 spiro atoms. The molecule has 1 amide bonds. The van der Waals surface area contributed by atoms with E-state index in [1.54, 1.807) is 34.1 Å². The normalized spacial score (nSPS) is 11.1. The lowest BCUT2D eigenvalue weighted by molar-refractivity contribution is -0.114. The number of rotatable bonds is 7. The van der Waals surface area contributed by atoms with Crippen molar-refractivity contribution in [2.75, 3.05) is 38.3 Å². The van der Waals surface area contributed by atoms with Crippen LogP contribution in [-0.4, -0.2) is 49.2 Å². The highest BCUT2D eigenvalue weighted by Crippen LogP contribution is 2.34. The van der Waals surface area contributed by atoms with Crippen LogP contribution < -0.4 is 4.90 Å². The van der Waals surface area contributed by atoms with Crippen molar-refractivity contribution >= 4 is 62.8 Å². The SMILES string of the molecule is CSc1cccc2sc(N(CCN(C)C)C(=O)C=Cc3ccccc3)nc12.Cl. The van der Waals surface area contributed by atoms with Crippen molar-refractivity contribution in [3.63, 3.8) is 0 Å². The van der Waals surface area contributed by atoms with Crippen molar-refractivity contribution in [1.29, 1.82) is 0 Å². The number of nitrogens with zero attached hydrogens (tertiary/aromatic N) is 3. The van der Waals surface area contributed by atoms with E-state index in [0.29, 0.717) is 6.54 Å². The molecule has 0 bridgehead atoms. The Hall–Kier alpha value is -1.86. The molecule has 0 atom stereocenters. The van der Waals surface area contributed by atoms with Gasteiger partial charge in [-0.15, -0.1) is 24.2 Å². The molecule has 148 valence electrons. The van der Waals surface area contributed by atoms with Gasteiger partial charge in [0.15, 0.2) is 5.13 Å². The maximum Gasteiger partial charge on any atom is 0.252 e. The lowest BCUT2D eigenvalue weighted by atomic mass is 10.2. The number of hydrogen-bond donors (Lipinski definition) is 0. The van der Waals surface area contributed by atoms with Gasteiger partial charge in [-0.2, -0.15) is 0 Å². The number of amides is 1.